The summed E-state index contributed by atoms with van der Waals surface area (Å²) in [5, 5.41) is 5.14. The van der Waals surface area contributed by atoms with Crippen LogP contribution in [-0.4, -0.2) is 4.98 Å². The second-order valence-electron chi connectivity index (χ2n) is 9.36. The van der Waals surface area contributed by atoms with E-state index in [1.807, 2.05) is 44.2 Å². The molecule has 0 aliphatic carbocycles. The number of nitrogens with one attached hydrogen (secondary N) is 1. The predicted octanol–water partition coefficient (Wildman–Crippen LogP) is 10.7. The normalized spacial score (nSPS) is 11.6. The lowest BCUT2D eigenvalue weighted by Crippen LogP contribution is -1.92. The molecule has 0 bridgehead atoms. The number of aromatic nitrogens is 1. The van der Waals surface area contributed by atoms with Gasteiger partial charge in [0.25, 0.3) is 0 Å². The average Bonchev–Trinajstić information content (AvgIpc) is 3.29. The summed E-state index contributed by atoms with van der Waals surface area (Å²) in [6.45, 7) is 20.0. The molecule has 4 aromatic carbocycles. The van der Waals surface area contributed by atoms with E-state index in [0.717, 1.165) is 11.1 Å². The predicted molar refractivity (Wildman–Crippen MR) is 167 cm³/mol. The van der Waals surface area contributed by atoms with Crippen LogP contribution in [0.4, 0.5) is 0 Å². The fraction of sp³-hybridized carbons (Fsp3) is 0.111. The maximum Gasteiger partial charge on any atom is 0.0471 e. The maximum absolute atomic E-state index is 4.02. The number of rotatable bonds is 5. The molecule has 0 aliphatic heterocycles. The highest BCUT2D eigenvalue weighted by Crippen LogP contribution is 2.41. The minimum absolute atomic E-state index is 1.11. The van der Waals surface area contributed by atoms with Gasteiger partial charge in [-0.2, -0.15) is 0 Å². The van der Waals surface area contributed by atoms with E-state index < -0.39 is 0 Å². The smallest absolute Gasteiger partial charge is 0.0471 e. The van der Waals surface area contributed by atoms with Crippen LogP contribution in [0.1, 0.15) is 36.1 Å². The number of aromatic amines is 1. The van der Waals surface area contributed by atoms with Crippen molar-refractivity contribution < 1.29 is 0 Å². The van der Waals surface area contributed by atoms with Crippen molar-refractivity contribution in [1.82, 2.24) is 4.98 Å². The van der Waals surface area contributed by atoms with Gasteiger partial charge in [0.15, 0.2) is 0 Å². The first kappa shape index (κ1) is 25.7. The lowest BCUT2D eigenvalue weighted by molar-refractivity contribution is 1.41. The first-order valence-electron chi connectivity index (χ1n) is 12.7. The SMILES string of the molecule is C=C/C=C(C)\C=C/C.C=Cc1cc(C)c(-c2c(C)ccc3[nH]c4ccc5ccccc5c4c23)cc1C=C. The van der Waals surface area contributed by atoms with E-state index in [4.69, 9.17) is 0 Å². The number of fused-ring (bicyclic) bond motifs is 5. The van der Waals surface area contributed by atoms with Crippen molar-refractivity contribution in [2.45, 2.75) is 27.7 Å². The van der Waals surface area contributed by atoms with Crippen LogP contribution in [0.2, 0.25) is 0 Å². The summed E-state index contributed by atoms with van der Waals surface area (Å²) >= 11 is 0. The quantitative estimate of drug-likeness (QED) is 0.240. The fourth-order valence-corrected chi connectivity index (χ4v) is 5.08. The molecule has 0 atom stereocenters. The summed E-state index contributed by atoms with van der Waals surface area (Å²) in [6, 6.07) is 21.9. The highest BCUT2D eigenvalue weighted by atomic mass is 14.7. The van der Waals surface area contributed by atoms with Crippen LogP contribution in [0.5, 0.6) is 0 Å². The number of hydrogen-bond donors (Lipinski definition) is 1. The van der Waals surface area contributed by atoms with E-state index in [0.29, 0.717) is 0 Å². The molecule has 0 fully saturated rings. The molecule has 0 radical (unpaired) electrons. The Kier molecular flexibility index (Phi) is 7.74. The average molecular weight is 482 g/mol. The van der Waals surface area contributed by atoms with Crippen molar-refractivity contribution >= 4 is 44.7 Å². The lowest BCUT2D eigenvalue weighted by Gasteiger charge is -2.15. The van der Waals surface area contributed by atoms with Gasteiger partial charge in [-0.05, 0) is 90.0 Å². The van der Waals surface area contributed by atoms with E-state index in [9.17, 15) is 0 Å². The van der Waals surface area contributed by atoms with Gasteiger partial charge < -0.3 is 4.98 Å². The van der Waals surface area contributed by atoms with Crippen molar-refractivity contribution in [3.05, 3.63) is 133 Å². The van der Waals surface area contributed by atoms with E-state index in [2.05, 4.69) is 99.2 Å². The number of benzene rings is 4. The molecule has 0 amide bonds. The van der Waals surface area contributed by atoms with Crippen LogP contribution in [0.15, 0.2) is 110 Å². The van der Waals surface area contributed by atoms with Crippen LogP contribution >= 0.6 is 0 Å². The Balaban J connectivity index is 0.000000349. The number of allylic oxidation sites excluding steroid dienone is 5. The van der Waals surface area contributed by atoms with Crippen LogP contribution in [0.25, 0.3) is 55.9 Å². The first-order valence-corrected chi connectivity index (χ1v) is 12.7. The van der Waals surface area contributed by atoms with Crippen LogP contribution in [-0.2, 0) is 0 Å². The molecule has 5 aromatic rings. The highest BCUT2D eigenvalue weighted by Gasteiger charge is 2.17. The van der Waals surface area contributed by atoms with Gasteiger partial charge in [0.1, 0.15) is 0 Å². The highest BCUT2D eigenvalue weighted by molar-refractivity contribution is 6.24. The molecule has 37 heavy (non-hydrogen) atoms. The fourth-order valence-electron chi connectivity index (χ4n) is 5.08. The minimum Gasteiger partial charge on any atom is -0.354 e. The molecular weight excluding hydrogens is 446 g/mol. The van der Waals surface area contributed by atoms with Gasteiger partial charge in [-0.25, -0.2) is 0 Å². The zero-order valence-corrected chi connectivity index (χ0v) is 22.4. The van der Waals surface area contributed by atoms with Gasteiger partial charge in [0.05, 0.1) is 0 Å². The molecule has 184 valence electrons. The van der Waals surface area contributed by atoms with Gasteiger partial charge in [-0.1, -0.05) is 104 Å². The second-order valence-corrected chi connectivity index (χ2v) is 9.36. The van der Waals surface area contributed by atoms with Crippen LogP contribution < -0.4 is 0 Å². The molecule has 0 unspecified atom stereocenters. The van der Waals surface area contributed by atoms with Crippen molar-refractivity contribution in [3.63, 3.8) is 0 Å². The number of hydrogen-bond acceptors (Lipinski definition) is 0. The molecule has 1 N–H and O–H groups in total. The van der Waals surface area contributed by atoms with E-state index in [-0.39, 0.29) is 0 Å². The summed E-state index contributed by atoms with van der Waals surface area (Å²) in [7, 11) is 0. The molecule has 1 heteroatoms. The van der Waals surface area contributed by atoms with E-state index in [1.165, 1.54) is 60.4 Å². The summed E-state index contributed by atoms with van der Waals surface area (Å²) in [4.78, 5) is 3.64. The molecule has 5 rings (SSSR count). The Bertz CT molecular complexity index is 1700. The monoisotopic (exact) mass is 481 g/mol. The van der Waals surface area contributed by atoms with Crippen LogP contribution in [0, 0.1) is 13.8 Å². The number of H-pyrrole nitrogens is 1. The second kappa shape index (κ2) is 11.1. The molecule has 0 saturated carbocycles. The maximum atomic E-state index is 4.02. The summed E-state index contributed by atoms with van der Waals surface area (Å²) < 4.78 is 0. The van der Waals surface area contributed by atoms with Gasteiger partial charge in [0, 0.05) is 21.8 Å². The third-order valence-electron chi connectivity index (χ3n) is 6.81. The Morgan fingerprint density at radius 3 is 2.16 bits per heavy atom. The molecular formula is C36H35N. The minimum atomic E-state index is 1.11. The Morgan fingerprint density at radius 1 is 0.784 bits per heavy atom. The third-order valence-corrected chi connectivity index (χ3v) is 6.81. The van der Waals surface area contributed by atoms with E-state index in [1.54, 1.807) is 6.08 Å². The van der Waals surface area contributed by atoms with Gasteiger partial charge in [-0.15, -0.1) is 0 Å². The van der Waals surface area contributed by atoms with Gasteiger partial charge >= 0.3 is 0 Å². The Labute approximate surface area is 220 Å². The Morgan fingerprint density at radius 2 is 1.46 bits per heavy atom. The Hall–Kier alpha value is -4.36. The summed E-state index contributed by atoms with van der Waals surface area (Å²) in [5.41, 5.74) is 10.9. The molecule has 0 saturated heterocycles. The third kappa shape index (κ3) is 4.99. The van der Waals surface area contributed by atoms with Gasteiger partial charge in [-0.3, -0.25) is 0 Å². The summed E-state index contributed by atoms with van der Waals surface area (Å²) in [6.07, 6.45) is 11.6. The largest absolute Gasteiger partial charge is 0.354 e. The standard InChI is InChI=1S/C28H23N.C8H12/c1-5-19-15-18(4)23(16-20(19)6-2)26-17(3)11-13-25-28(26)27-22-10-8-7-9-21(22)12-14-24(27)29-25;1-4-6-8(3)7-5-2/h5-16,29H,1-2H2,3-4H3;4-7H,1H2,2-3H3/b;7-5-,8-6-. The van der Waals surface area contributed by atoms with Gasteiger partial charge in [0.2, 0.25) is 0 Å². The molecule has 0 spiro atoms. The zero-order chi connectivity index (χ0) is 26.5. The first-order chi connectivity index (χ1) is 17.9. The molecule has 1 aromatic heterocycles. The van der Waals surface area contributed by atoms with Crippen molar-refractivity contribution in [1.29, 1.82) is 0 Å². The van der Waals surface area contributed by atoms with Crippen LogP contribution in [0.3, 0.4) is 0 Å². The molecule has 1 nitrogen and oxygen atoms in total. The van der Waals surface area contributed by atoms with Crippen molar-refractivity contribution in [3.8, 4) is 11.1 Å². The molecule has 1 heterocycles. The topological polar surface area (TPSA) is 15.8 Å². The number of aryl methyl sites for hydroxylation is 2. The summed E-state index contributed by atoms with van der Waals surface area (Å²) in [5.74, 6) is 0. The lowest BCUT2D eigenvalue weighted by atomic mass is 9.88. The van der Waals surface area contributed by atoms with Crippen molar-refractivity contribution in [2.75, 3.05) is 0 Å². The zero-order valence-electron chi connectivity index (χ0n) is 22.4. The molecule has 0 aliphatic rings. The van der Waals surface area contributed by atoms with Crippen molar-refractivity contribution in [2.24, 2.45) is 0 Å². The van der Waals surface area contributed by atoms with E-state index >= 15 is 0 Å².